The summed E-state index contributed by atoms with van der Waals surface area (Å²) in [4.78, 5) is 5.28. The standard InChI is InChI=1S/C17H25ClN2/c1-12(2)16-11-19-9-5-7-14(19)10-20(16)17-13(3)6-4-8-15(17)18/h4,6,8,12,14,16H,5,7,9-11H2,1-3H3. The highest BCUT2D eigenvalue weighted by atomic mass is 35.5. The Bertz CT molecular complexity index is 466. The number of piperazine rings is 1. The van der Waals surface area contributed by atoms with Gasteiger partial charge in [-0.15, -0.1) is 0 Å². The third-order valence-corrected chi connectivity index (χ3v) is 5.28. The van der Waals surface area contributed by atoms with E-state index in [1.54, 1.807) is 0 Å². The summed E-state index contributed by atoms with van der Waals surface area (Å²) < 4.78 is 0. The molecule has 1 aromatic rings. The van der Waals surface area contributed by atoms with Crippen molar-refractivity contribution in [1.82, 2.24) is 4.90 Å². The van der Waals surface area contributed by atoms with Gasteiger partial charge in [-0.25, -0.2) is 0 Å². The van der Waals surface area contributed by atoms with Crippen molar-refractivity contribution in [2.45, 2.75) is 45.7 Å². The molecule has 2 nitrogen and oxygen atoms in total. The van der Waals surface area contributed by atoms with E-state index in [0.717, 1.165) is 17.6 Å². The molecule has 2 fully saturated rings. The van der Waals surface area contributed by atoms with E-state index in [4.69, 9.17) is 11.6 Å². The second-order valence-electron chi connectivity index (χ2n) is 6.66. The molecule has 0 aliphatic carbocycles. The lowest BCUT2D eigenvalue weighted by molar-refractivity contribution is 0.176. The van der Waals surface area contributed by atoms with Gasteiger partial charge < -0.3 is 4.90 Å². The first-order chi connectivity index (χ1) is 9.58. The van der Waals surface area contributed by atoms with Gasteiger partial charge in [-0.05, 0) is 43.9 Å². The molecule has 3 rings (SSSR count). The fourth-order valence-corrected chi connectivity index (χ4v) is 4.19. The highest BCUT2D eigenvalue weighted by Gasteiger charge is 2.38. The molecule has 2 atom stereocenters. The van der Waals surface area contributed by atoms with Crippen molar-refractivity contribution in [3.05, 3.63) is 28.8 Å². The number of halogens is 1. The van der Waals surface area contributed by atoms with Crippen LogP contribution in [0.4, 0.5) is 5.69 Å². The van der Waals surface area contributed by atoms with E-state index in [9.17, 15) is 0 Å². The maximum atomic E-state index is 6.52. The van der Waals surface area contributed by atoms with Gasteiger partial charge in [0.1, 0.15) is 0 Å². The van der Waals surface area contributed by atoms with E-state index < -0.39 is 0 Å². The molecule has 0 N–H and O–H groups in total. The second-order valence-corrected chi connectivity index (χ2v) is 7.07. The number of hydrogen-bond acceptors (Lipinski definition) is 2. The molecule has 0 aromatic heterocycles. The highest BCUT2D eigenvalue weighted by molar-refractivity contribution is 6.33. The number of rotatable bonds is 2. The number of benzene rings is 1. The van der Waals surface area contributed by atoms with Gasteiger partial charge in [0.2, 0.25) is 0 Å². The Kier molecular flexibility index (Phi) is 3.96. The number of fused-ring (bicyclic) bond motifs is 1. The van der Waals surface area contributed by atoms with Gasteiger partial charge in [0.15, 0.2) is 0 Å². The first-order valence-electron chi connectivity index (χ1n) is 7.83. The van der Waals surface area contributed by atoms with Crippen LogP contribution >= 0.6 is 11.6 Å². The van der Waals surface area contributed by atoms with Crippen molar-refractivity contribution < 1.29 is 0 Å². The summed E-state index contributed by atoms with van der Waals surface area (Å²) in [5.41, 5.74) is 2.56. The van der Waals surface area contributed by atoms with Crippen molar-refractivity contribution in [1.29, 1.82) is 0 Å². The summed E-state index contributed by atoms with van der Waals surface area (Å²) in [6.45, 7) is 10.4. The van der Waals surface area contributed by atoms with Crippen LogP contribution in [0.25, 0.3) is 0 Å². The summed E-state index contributed by atoms with van der Waals surface area (Å²) in [6, 6.07) is 7.56. The van der Waals surface area contributed by atoms with Gasteiger partial charge in [0.05, 0.1) is 10.7 Å². The third-order valence-electron chi connectivity index (χ3n) is 4.97. The summed E-state index contributed by atoms with van der Waals surface area (Å²) in [6.07, 6.45) is 2.69. The van der Waals surface area contributed by atoms with Gasteiger partial charge >= 0.3 is 0 Å². The minimum atomic E-state index is 0.572. The Morgan fingerprint density at radius 1 is 1.25 bits per heavy atom. The molecule has 2 heterocycles. The van der Waals surface area contributed by atoms with E-state index in [-0.39, 0.29) is 0 Å². The number of nitrogens with zero attached hydrogens (tertiary/aromatic N) is 2. The third kappa shape index (κ3) is 2.44. The molecule has 0 amide bonds. The lowest BCUT2D eigenvalue weighted by Crippen LogP contribution is -2.58. The van der Waals surface area contributed by atoms with Gasteiger partial charge in [-0.1, -0.05) is 37.6 Å². The van der Waals surface area contributed by atoms with Crippen LogP contribution in [-0.4, -0.2) is 36.6 Å². The van der Waals surface area contributed by atoms with E-state index in [2.05, 4.69) is 42.7 Å². The highest BCUT2D eigenvalue weighted by Crippen LogP contribution is 2.37. The van der Waals surface area contributed by atoms with Crippen molar-refractivity contribution in [2.75, 3.05) is 24.5 Å². The Balaban J connectivity index is 1.96. The topological polar surface area (TPSA) is 6.48 Å². The molecule has 0 bridgehead atoms. The molecule has 2 aliphatic rings. The van der Waals surface area contributed by atoms with Crippen molar-refractivity contribution in [3.63, 3.8) is 0 Å². The molecule has 2 unspecified atom stereocenters. The number of anilines is 1. The largest absolute Gasteiger partial charge is 0.364 e. The Morgan fingerprint density at radius 2 is 2.05 bits per heavy atom. The van der Waals surface area contributed by atoms with Crippen LogP contribution in [0, 0.1) is 12.8 Å². The Hall–Kier alpha value is -0.730. The Morgan fingerprint density at radius 3 is 2.75 bits per heavy atom. The lowest BCUT2D eigenvalue weighted by Gasteiger charge is -2.47. The number of aryl methyl sites for hydroxylation is 1. The first kappa shape index (κ1) is 14.2. The predicted molar refractivity (Wildman–Crippen MR) is 86.8 cm³/mol. The summed E-state index contributed by atoms with van der Waals surface area (Å²) >= 11 is 6.52. The Labute approximate surface area is 127 Å². The fraction of sp³-hybridized carbons (Fsp3) is 0.647. The molecule has 3 heteroatoms. The second kappa shape index (κ2) is 5.57. The average Bonchev–Trinajstić information content (AvgIpc) is 2.84. The summed E-state index contributed by atoms with van der Waals surface area (Å²) in [5.74, 6) is 0.646. The van der Waals surface area contributed by atoms with E-state index >= 15 is 0 Å². The number of para-hydroxylation sites is 1. The van der Waals surface area contributed by atoms with Gasteiger partial charge in [-0.3, -0.25) is 4.90 Å². The van der Waals surface area contributed by atoms with Crippen LogP contribution in [-0.2, 0) is 0 Å². The van der Waals surface area contributed by atoms with Crippen molar-refractivity contribution in [2.24, 2.45) is 5.92 Å². The molecule has 20 heavy (non-hydrogen) atoms. The molecule has 0 radical (unpaired) electrons. The minimum absolute atomic E-state index is 0.572. The summed E-state index contributed by atoms with van der Waals surface area (Å²) in [7, 11) is 0. The predicted octanol–water partition coefficient (Wildman–Crippen LogP) is 3.96. The van der Waals surface area contributed by atoms with Crippen LogP contribution in [0.1, 0.15) is 32.3 Å². The monoisotopic (exact) mass is 292 g/mol. The molecule has 0 saturated carbocycles. The molecule has 2 saturated heterocycles. The van der Waals surface area contributed by atoms with Crippen LogP contribution < -0.4 is 4.90 Å². The summed E-state index contributed by atoms with van der Waals surface area (Å²) in [5, 5.41) is 0.905. The van der Waals surface area contributed by atoms with Crippen LogP contribution in [0.5, 0.6) is 0 Å². The van der Waals surface area contributed by atoms with E-state index in [1.807, 2.05) is 6.07 Å². The van der Waals surface area contributed by atoms with Crippen LogP contribution in [0.2, 0.25) is 5.02 Å². The quantitative estimate of drug-likeness (QED) is 0.814. The SMILES string of the molecule is Cc1cccc(Cl)c1N1CC2CCCN2CC1C(C)C. The zero-order valence-corrected chi connectivity index (χ0v) is 13.5. The molecular formula is C17H25ClN2. The van der Waals surface area contributed by atoms with Gasteiger partial charge in [-0.2, -0.15) is 0 Å². The normalized spacial score (nSPS) is 27.1. The zero-order chi connectivity index (χ0) is 14.3. The van der Waals surface area contributed by atoms with Gasteiger partial charge in [0.25, 0.3) is 0 Å². The van der Waals surface area contributed by atoms with Crippen LogP contribution in [0.15, 0.2) is 18.2 Å². The van der Waals surface area contributed by atoms with E-state index in [1.165, 1.54) is 37.2 Å². The molecule has 0 spiro atoms. The minimum Gasteiger partial charge on any atom is -0.364 e. The molecular weight excluding hydrogens is 268 g/mol. The zero-order valence-electron chi connectivity index (χ0n) is 12.8. The average molecular weight is 293 g/mol. The number of hydrogen-bond donors (Lipinski definition) is 0. The molecule has 2 aliphatic heterocycles. The smallest absolute Gasteiger partial charge is 0.0642 e. The van der Waals surface area contributed by atoms with Crippen molar-refractivity contribution in [3.8, 4) is 0 Å². The van der Waals surface area contributed by atoms with E-state index in [0.29, 0.717) is 12.0 Å². The van der Waals surface area contributed by atoms with Gasteiger partial charge in [0, 0.05) is 25.2 Å². The fourth-order valence-electron chi connectivity index (χ4n) is 3.86. The lowest BCUT2D eigenvalue weighted by atomic mass is 9.95. The van der Waals surface area contributed by atoms with Crippen molar-refractivity contribution >= 4 is 17.3 Å². The first-order valence-corrected chi connectivity index (χ1v) is 8.21. The molecule has 1 aromatic carbocycles. The maximum Gasteiger partial charge on any atom is 0.0642 e. The molecule has 110 valence electrons. The maximum absolute atomic E-state index is 6.52. The van der Waals surface area contributed by atoms with Crippen LogP contribution in [0.3, 0.4) is 0 Å².